The fraction of sp³-hybridized carbons (Fsp3) is 0.176. The van der Waals surface area contributed by atoms with Crippen LogP contribution in [0.4, 0.5) is 0 Å². The van der Waals surface area contributed by atoms with Crippen LogP contribution in [-0.4, -0.2) is 26.1 Å². The Kier molecular flexibility index (Phi) is 5.31. The van der Waals surface area contributed by atoms with Gasteiger partial charge in [-0.25, -0.2) is 0 Å². The Hall–Kier alpha value is -2.44. The Morgan fingerprint density at radius 2 is 1.80 bits per heavy atom. The second-order valence-corrected chi connectivity index (χ2v) is 6.25. The molecule has 6 nitrogen and oxygen atoms in total. The SMILES string of the molecule is C[C@@H](NC(=O)Cn1nnc(-c2ccccc2Cl)n1)c1ccccc1Cl. The highest BCUT2D eigenvalue weighted by atomic mass is 35.5. The molecule has 1 atom stereocenters. The highest BCUT2D eigenvalue weighted by Crippen LogP contribution is 2.24. The third kappa shape index (κ3) is 4.15. The van der Waals surface area contributed by atoms with Gasteiger partial charge < -0.3 is 5.32 Å². The predicted octanol–water partition coefficient (Wildman–Crippen LogP) is 3.52. The summed E-state index contributed by atoms with van der Waals surface area (Å²) in [6.45, 7) is 1.81. The van der Waals surface area contributed by atoms with Crippen LogP contribution in [-0.2, 0) is 11.3 Å². The Morgan fingerprint density at radius 3 is 2.52 bits per heavy atom. The van der Waals surface area contributed by atoms with Crippen LogP contribution in [0.1, 0.15) is 18.5 Å². The van der Waals surface area contributed by atoms with E-state index < -0.39 is 0 Å². The van der Waals surface area contributed by atoms with Gasteiger partial charge in [0.05, 0.1) is 11.1 Å². The van der Waals surface area contributed by atoms with Crippen molar-refractivity contribution in [1.82, 2.24) is 25.5 Å². The molecule has 0 unspecified atom stereocenters. The van der Waals surface area contributed by atoms with E-state index in [-0.39, 0.29) is 18.5 Å². The zero-order valence-electron chi connectivity index (χ0n) is 13.4. The van der Waals surface area contributed by atoms with Gasteiger partial charge in [-0.3, -0.25) is 4.79 Å². The molecule has 0 bridgehead atoms. The fourth-order valence-electron chi connectivity index (χ4n) is 2.38. The van der Waals surface area contributed by atoms with Crippen molar-refractivity contribution < 1.29 is 4.79 Å². The lowest BCUT2D eigenvalue weighted by Crippen LogP contribution is -2.31. The van der Waals surface area contributed by atoms with Crippen molar-refractivity contribution in [2.75, 3.05) is 0 Å². The molecular formula is C17H15Cl2N5O. The van der Waals surface area contributed by atoms with Gasteiger partial charge in [-0.2, -0.15) is 4.80 Å². The summed E-state index contributed by atoms with van der Waals surface area (Å²) in [7, 11) is 0. The molecule has 0 spiro atoms. The number of hydrogen-bond acceptors (Lipinski definition) is 4. The summed E-state index contributed by atoms with van der Waals surface area (Å²) in [5.74, 6) is 0.132. The molecule has 0 aliphatic rings. The summed E-state index contributed by atoms with van der Waals surface area (Å²) in [6, 6.07) is 14.3. The third-order valence-corrected chi connectivity index (χ3v) is 4.28. The van der Waals surface area contributed by atoms with Gasteiger partial charge in [0.2, 0.25) is 11.7 Å². The Bertz CT molecular complexity index is 896. The van der Waals surface area contributed by atoms with E-state index in [2.05, 4.69) is 20.7 Å². The highest BCUT2D eigenvalue weighted by Gasteiger charge is 2.15. The zero-order valence-corrected chi connectivity index (χ0v) is 14.9. The van der Waals surface area contributed by atoms with E-state index in [0.717, 1.165) is 5.56 Å². The fourth-order valence-corrected chi connectivity index (χ4v) is 2.90. The molecule has 25 heavy (non-hydrogen) atoms. The lowest BCUT2D eigenvalue weighted by atomic mass is 10.1. The standard InChI is InChI=1S/C17H15Cl2N5O/c1-11(12-6-2-4-8-14(12)18)20-16(25)10-24-22-17(21-23-24)13-7-3-5-9-15(13)19/h2-9,11H,10H2,1H3,(H,20,25)/t11-/m1/s1. The van der Waals surface area contributed by atoms with E-state index in [9.17, 15) is 4.79 Å². The van der Waals surface area contributed by atoms with Crippen LogP contribution in [0.25, 0.3) is 11.4 Å². The van der Waals surface area contributed by atoms with Gasteiger partial charge in [-0.15, -0.1) is 10.2 Å². The molecule has 1 aromatic heterocycles. The first-order chi connectivity index (χ1) is 12.0. The van der Waals surface area contributed by atoms with E-state index in [0.29, 0.717) is 21.4 Å². The third-order valence-electron chi connectivity index (χ3n) is 3.60. The largest absolute Gasteiger partial charge is 0.348 e. The number of amides is 1. The number of rotatable bonds is 5. The summed E-state index contributed by atoms with van der Waals surface area (Å²) in [4.78, 5) is 13.4. The molecule has 0 aliphatic carbocycles. The van der Waals surface area contributed by atoms with Gasteiger partial charge >= 0.3 is 0 Å². The van der Waals surface area contributed by atoms with Crippen LogP contribution >= 0.6 is 23.2 Å². The van der Waals surface area contributed by atoms with Gasteiger partial charge in [0.15, 0.2) is 0 Å². The molecule has 3 rings (SSSR count). The number of carbonyl (C=O) groups is 1. The van der Waals surface area contributed by atoms with E-state index in [1.165, 1.54) is 4.80 Å². The molecule has 1 heterocycles. The molecule has 128 valence electrons. The van der Waals surface area contributed by atoms with Gasteiger partial charge in [0.25, 0.3) is 0 Å². The average Bonchev–Trinajstić information content (AvgIpc) is 3.03. The first kappa shape index (κ1) is 17.4. The Balaban J connectivity index is 1.66. The van der Waals surface area contributed by atoms with Crippen LogP contribution in [0.15, 0.2) is 48.5 Å². The van der Waals surface area contributed by atoms with Crippen molar-refractivity contribution in [2.24, 2.45) is 0 Å². The first-order valence-corrected chi connectivity index (χ1v) is 8.36. The number of nitrogens with one attached hydrogen (secondary N) is 1. The normalized spacial score (nSPS) is 12.0. The number of tetrazole rings is 1. The summed E-state index contributed by atoms with van der Waals surface area (Å²) in [5, 5.41) is 16.1. The molecular weight excluding hydrogens is 361 g/mol. The van der Waals surface area contributed by atoms with Crippen molar-refractivity contribution in [3.05, 3.63) is 64.1 Å². The van der Waals surface area contributed by atoms with E-state index in [1.54, 1.807) is 18.2 Å². The molecule has 3 aromatic rings. The van der Waals surface area contributed by atoms with Crippen molar-refractivity contribution in [3.63, 3.8) is 0 Å². The minimum atomic E-state index is -0.240. The van der Waals surface area contributed by atoms with Gasteiger partial charge in [-0.1, -0.05) is 53.5 Å². The van der Waals surface area contributed by atoms with Crippen LogP contribution in [0.2, 0.25) is 10.0 Å². The van der Waals surface area contributed by atoms with Gasteiger partial charge in [-0.05, 0) is 35.9 Å². The number of halogens is 2. The number of benzene rings is 2. The van der Waals surface area contributed by atoms with E-state index in [4.69, 9.17) is 23.2 Å². The highest BCUT2D eigenvalue weighted by molar-refractivity contribution is 6.33. The zero-order chi connectivity index (χ0) is 17.8. The van der Waals surface area contributed by atoms with Crippen LogP contribution in [0.3, 0.4) is 0 Å². The van der Waals surface area contributed by atoms with Crippen LogP contribution < -0.4 is 5.32 Å². The molecule has 0 aliphatic heterocycles. The van der Waals surface area contributed by atoms with Crippen LogP contribution in [0, 0.1) is 0 Å². The molecule has 0 saturated heterocycles. The van der Waals surface area contributed by atoms with Crippen molar-refractivity contribution in [1.29, 1.82) is 0 Å². The molecule has 1 amide bonds. The number of carbonyl (C=O) groups excluding carboxylic acids is 1. The molecule has 8 heteroatoms. The first-order valence-electron chi connectivity index (χ1n) is 7.61. The van der Waals surface area contributed by atoms with E-state index in [1.807, 2.05) is 37.3 Å². The minimum Gasteiger partial charge on any atom is -0.348 e. The minimum absolute atomic E-state index is 0.0494. The molecule has 0 fully saturated rings. The van der Waals surface area contributed by atoms with Crippen molar-refractivity contribution in [2.45, 2.75) is 19.5 Å². The predicted molar refractivity (Wildman–Crippen MR) is 96.3 cm³/mol. The molecule has 0 saturated carbocycles. The molecule has 2 aromatic carbocycles. The summed E-state index contributed by atoms with van der Waals surface area (Å²) in [5.41, 5.74) is 1.51. The quantitative estimate of drug-likeness (QED) is 0.740. The maximum Gasteiger partial charge on any atom is 0.244 e. The summed E-state index contributed by atoms with van der Waals surface area (Å²) < 4.78 is 0. The molecule has 1 N–H and O–H groups in total. The molecule has 0 radical (unpaired) electrons. The van der Waals surface area contributed by atoms with Crippen LogP contribution in [0.5, 0.6) is 0 Å². The lowest BCUT2D eigenvalue weighted by molar-refractivity contribution is -0.122. The second-order valence-electron chi connectivity index (χ2n) is 5.43. The maximum absolute atomic E-state index is 12.2. The average molecular weight is 376 g/mol. The second kappa shape index (κ2) is 7.63. The topological polar surface area (TPSA) is 72.7 Å². The monoisotopic (exact) mass is 375 g/mol. The summed E-state index contributed by atoms with van der Waals surface area (Å²) >= 11 is 12.3. The Morgan fingerprint density at radius 1 is 1.12 bits per heavy atom. The maximum atomic E-state index is 12.2. The lowest BCUT2D eigenvalue weighted by Gasteiger charge is -2.15. The van der Waals surface area contributed by atoms with Gasteiger partial charge in [0, 0.05) is 10.6 Å². The number of nitrogens with zero attached hydrogens (tertiary/aromatic N) is 4. The van der Waals surface area contributed by atoms with Crippen molar-refractivity contribution in [3.8, 4) is 11.4 Å². The van der Waals surface area contributed by atoms with Gasteiger partial charge in [0.1, 0.15) is 6.54 Å². The summed E-state index contributed by atoms with van der Waals surface area (Å²) in [6.07, 6.45) is 0. The number of hydrogen-bond donors (Lipinski definition) is 1. The smallest absolute Gasteiger partial charge is 0.244 e. The van der Waals surface area contributed by atoms with E-state index >= 15 is 0 Å². The van der Waals surface area contributed by atoms with Crippen molar-refractivity contribution >= 4 is 29.1 Å². The Labute approximate surface area is 154 Å². The number of aromatic nitrogens is 4.